The Hall–Kier alpha value is -3.38. The zero-order valence-electron chi connectivity index (χ0n) is 15.4. The molecule has 3 heteroatoms. The van der Waals surface area contributed by atoms with Crippen molar-refractivity contribution in [3.63, 3.8) is 0 Å². The van der Waals surface area contributed by atoms with Crippen LogP contribution >= 0.6 is 0 Å². The summed E-state index contributed by atoms with van der Waals surface area (Å²) < 4.78 is 0. The molecule has 3 rings (SSSR count). The molecule has 0 saturated heterocycles. The Morgan fingerprint density at radius 1 is 1.04 bits per heavy atom. The lowest BCUT2D eigenvalue weighted by Crippen LogP contribution is -2.13. The van der Waals surface area contributed by atoms with E-state index in [1.54, 1.807) is 6.08 Å². The van der Waals surface area contributed by atoms with Crippen LogP contribution < -0.4 is 5.32 Å². The summed E-state index contributed by atoms with van der Waals surface area (Å²) in [5.74, 6) is -0.397. The highest BCUT2D eigenvalue weighted by Crippen LogP contribution is 2.21. The van der Waals surface area contributed by atoms with Crippen LogP contribution in [0.25, 0.3) is 16.8 Å². The molecule has 0 aliphatic heterocycles. The number of carbonyl (C=O) groups excluding carboxylic acids is 1. The number of amides is 1. The van der Waals surface area contributed by atoms with Crippen molar-refractivity contribution >= 4 is 28.4 Å². The molecule has 0 aliphatic carbocycles. The number of anilines is 1. The van der Waals surface area contributed by atoms with Crippen molar-refractivity contribution in [1.82, 2.24) is 0 Å². The molecule has 27 heavy (non-hydrogen) atoms. The first-order chi connectivity index (χ1) is 13.2. The van der Waals surface area contributed by atoms with E-state index in [-0.39, 0.29) is 5.57 Å². The van der Waals surface area contributed by atoms with Crippen LogP contribution in [-0.4, -0.2) is 5.91 Å². The number of fused-ring (bicyclic) bond motifs is 1. The van der Waals surface area contributed by atoms with Gasteiger partial charge in [0.2, 0.25) is 0 Å². The predicted octanol–water partition coefficient (Wildman–Crippen LogP) is 5.73. The van der Waals surface area contributed by atoms with E-state index in [2.05, 4.69) is 12.2 Å². The van der Waals surface area contributed by atoms with Crippen molar-refractivity contribution in [2.24, 2.45) is 0 Å². The topological polar surface area (TPSA) is 52.9 Å². The largest absolute Gasteiger partial charge is 0.321 e. The normalized spacial score (nSPS) is 11.2. The van der Waals surface area contributed by atoms with Crippen LogP contribution in [0, 0.1) is 11.3 Å². The molecular formula is C24H22N2O. The van der Waals surface area contributed by atoms with E-state index in [9.17, 15) is 10.1 Å². The molecule has 0 aromatic heterocycles. The third-order valence-corrected chi connectivity index (χ3v) is 4.52. The van der Waals surface area contributed by atoms with Crippen LogP contribution in [0.15, 0.2) is 72.3 Å². The third kappa shape index (κ3) is 4.62. The number of nitrogens with one attached hydrogen (secondary N) is 1. The second kappa shape index (κ2) is 8.82. The molecule has 0 radical (unpaired) electrons. The van der Waals surface area contributed by atoms with Gasteiger partial charge in [-0.2, -0.15) is 5.26 Å². The summed E-state index contributed by atoms with van der Waals surface area (Å²) in [7, 11) is 0. The van der Waals surface area contributed by atoms with Crippen molar-refractivity contribution in [1.29, 1.82) is 5.26 Å². The van der Waals surface area contributed by atoms with E-state index >= 15 is 0 Å². The highest BCUT2D eigenvalue weighted by molar-refractivity contribution is 6.10. The number of nitriles is 1. The molecule has 0 unspecified atom stereocenters. The Kier molecular flexibility index (Phi) is 6.02. The molecule has 1 N–H and O–H groups in total. The number of carbonyl (C=O) groups is 1. The van der Waals surface area contributed by atoms with Gasteiger partial charge < -0.3 is 5.32 Å². The van der Waals surface area contributed by atoms with Crippen LogP contribution in [0.5, 0.6) is 0 Å². The number of rotatable bonds is 6. The predicted molar refractivity (Wildman–Crippen MR) is 111 cm³/mol. The lowest BCUT2D eigenvalue weighted by molar-refractivity contribution is -0.112. The highest BCUT2D eigenvalue weighted by atomic mass is 16.1. The summed E-state index contributed by atoms with van der Waals surface area (Å²) in [6.07, 6.45) is 4.99. The molecule has 0 spiro atoms. The summed E-state index contributed by atoms with van der Waals surface area (Å²) in [5, 5.41) is 14.4. The molecular weight excluding hydrogens is 332 g/mol. The molecule has 0 atom stereocenters. The van der Waals surface area contributed by atoms with Crippen molar-refractivity contribution in [3.05, 3.63) is 83.4 Å². The first kappa shape index (κ1) is 18.4. The Balaban J connectivity index is 1.80. The van der Waals surface area contributed by atoms with Gasteiger partial charge in [0, 0.05) is 5.69 Å². The average Bonchev–Trinajstić information content (AvgIpc) is 2.71. The van der Waals surface area contributed by atoms with E-state index in [0.717, 1.165) is 35.6 Å². The monoisotopic (exact) mass is 354 g/mol. The molecule has 3 aromatic carbocycles. The summed E-state index contributed by atoms with van der Waals surface area (Å²) in [4.78, 5) is 12.5. The number of hydrogen-bond donors (Lipinski definition) is 1. The highest BCUT2D eigenvalue weighted by Gasteiger charge is 2.10. The van der Waals surface area contributed by atoms with E-state index < -0.39 is 5.91 Å². The fraction of sp³-hybridized carbons (Fsp3) is 0.167. The SMILES string of the molecule is CCCCc1ccc(NC(=O)C(C#N)=Cc2cccc3ccccc23)cc1. The maximum absolute atomic E-state index is 12.5. The van der Waals surface area contributed by atoms with Gasteiger partial charge in [0.05, 0.1) is 0 Å². The van der Waals surface area contributed by atoms with Gasteiger partial charge in [-0.05, 0) is 52.9 Å². The van der Waals surface area contributed by atoms with Crippen LogP contribution in [0.2, 0.25) is 0 Å². The quantitative estimate of drug-likeness (QED) is 0.454. The molecule has 134 valence electrons. The van der Waals surface area contributed by atoms with Gasteiger partial charge in [-0.3, -0.25) is 4.79 Å². The Morgan fingerprint density at radius 3 is 2.52 bits per heavy atom. The van der Waals surface area contributed by atoms with E-state index in [0.29, 0.717) is 5.69 Å². The average molecular weight is 354 g/mol. The molecule has 1 amide bonds. The maximum atomic E-state index is 12.5. The Labute approximate surface area is 160 Å². The molecule has 0 aliphatic rings. The zero-order valence-corrected chi connectivity index (χ0v) is 15.4. The van der Waals surface area contributed by atoms with Crippen molar-refractivity contribution in [3.8, 4) is 6.07 Å². The summed E-state index contributed by atoms with van der Waals surface area (Å²) >= 11 is 0. The Morgan fingerprint density at radius 2 is 1.78 bits per heavy atom. The Bertz CT molecular complexity index is 1010. The van der Waals surface area contributed by atoms with E-state index in [4.69, 9.17) is 0 Å². The fourth-order valence-electron chi connectivity index (χ4n) is 3.01. The van der Waals surface area contributed by atoms with Crippen LogP contribution in [-0.2, 0) is 11.2 Å². The molecule has 0 saturated carbocycles. The number of nitrogens with zero attached hydrogens (tertiary/aromatic N) is 1. The van der Waals surface area contributed by atoms with Gasteiger partial charge >= 0.3 is 0 Å². The van der Waals surface area contributed by atoms with Crippen molar-refractivity contribution < 1.29 is 4.79 Å². The standard InChI is InChI=1S/C24H22N2O/c1-2-3-7-18-12-14-22(15-13-18)26-24(27)21(17-25)16-20-10-6-9-19-8-4-5-11-23(19)20/h4-6,8-16H,2-3,7H2,1H3,(H,26,27). The second-order valence-electron chi connectivity index (χ2n) is 6.49. The van der Waals surface area contributed by atoms with E-state index in [1.165, 1.54) is 5.56 Å². The van der Waals surface area contributed by atoms with Gasteiger partial charge in [0.25, 0.3) is 5.91 Å². The summed E-state index contributed by atoms with van der Waals surface area (Å²) in [6, 6.07) is 23.6. The lowest BCUT2D eigenvalue weighted by atomic mass is 10.0. The molecule has 0 bridgehead atoms. The van der Waals surface area contributed by atoms with Crippen molar-refractivity contribution in [2.45, 2.75) is 26.2 Å². The number of unbranched alkanes of at least 4 members (excludes halogenated alkanes) is 1. The van der Waals surface area contributed by atoms with Gasteiger partial charge in [0.15, 0.2) is 0 Å². The van der Waals surface area contributed by atoms with Gasteiger partial charge in [-0.15, -0.1) is 0 Å². The minimum Gasteiger partial charge on any atom is -0.321 e. The minimum absolute atomic E-state index is 0.0846. The van der Waals surface area contributed by atoms with Crippen LogP contribution in [0.4, 0.5) is 5.69 Å². The third-order valence-electron chi connectivity index (χ3n) is 4.52. The smallest absolute Gasteiger partial charge is 0.266 e. The molecule has 0 fully saturated rings. The van der Waals surface area contributed by atoms with Crippen molar-refractivity contribution in [2.75, 3.05) is 5.32 Å². The lowest BCUT2D eigenvalue weighted by Gasteiger charge is -2.07. The van der Waals surface area contributed by atoms with Crippen LogP contribution in [0.3, 0.4) is 0 Å². The van der Waals surface area contributed by atoms with Gasteiger partial charge in [0.1, 0.15) is 11.6 Å². The zero-order chi connectivity index (χ0) is 19.1. The number of benzene rings is 3. The molecule has 3 nitrogen and oxygen atoms in total. The second-order valence-corrected chi connectivity index (χ2v) is 6.49. The van der Waals surface area contributed by atoms with Crippen LogP contribution in [0.1, 0.15) is 30.9 Å². The maximum Gasteiger partial charge on any atom is 0.266 e. The number of aryl methyl sites for hydroxylation is 1. The molecule has 0 heterocycles. The minimum atomic E-state index is -0.397. The van der Waals surface area contributed by atoms with E-state index in [1.807, 2.05) is 72.8 Å². The summed E-state index contributed by atoms with van der Waals surface area (Å²) in [5.41, 5.74) is 2.89. The first-order valence-electron chi connectivity index (χ1n) is 9.21. The summed E-state index contributed by atoms with van der Waals surface area (Å²) in [6.45, 7) is 2.17. The van der Waals surface area contributed by atoms with Gasteiger partial charge in [-0.25, -0.2) is 0 Å². The van der Waals surface area contributed by atoms with Gasteiger partial charge in [-0.1, -0.05) is 67.9 Å². The first-order valence-corrected chi connectivity index (χ1v) is 9.21. The fourth-order valence-corrected chi connectivity index (χ4v) is 3.01. The number of hydrogen-bond acceptors (Lipinski definition) is 2. The molecule has 3 aromatic rings.